The van der Waals surface area contributed by atoms with Gasteiger partial charge in [-0.15, -0.1) is 0 Å². The summed E-state index contributed by atoms with van der Waals surface area (Å²) in [7, 11) is 0. The molecule has 1 aliphatic carbocycles. The van der Waals surface area contributed by atoms with E-state index in [9.17, 15) is 0 Å². The minimum Gasteiger partial charge on any atom is -0.301 e. The molecule has 16 heavy (non-hydrogen) atoms. The van der Waals surface area contributed by atoms with Gasteiger partial charge in [0.25, 0.3) is 0 Å². The van der Waals surface area contributed by atoms with E-state index >= 15 is 0 Å². The van der Waals surface area contributed by atoms with E-state index in [1.807, 2.05) is 0 Å². The zero-order valence-electron chi connectivity index (χ0n) is 10.1. The van der Waals surface area contributed by atoms with Crippen LogP contribution in [0.1, 0.15) is 32.1 Å². The van der Waals surface area contributed by atoms with Crippen molar-refractivity contribution in [2.45, 2.75) is 38.1 Å². The van der Waals surface area contributed by atoms with Crippen LogP contribution in [0.5, 0.6) is 0 Å². The summed E-state index contributed by atoms with van der Waals surface area (Å²) in [6.45, 7) is 6.74. The quantitative estimate of drug-likeness (QED) is 0.735. The zero-order valence-corrected chi connectivity index (χ0v) is 11.7. The molecule has 1 saturated carbocycles. The Morgan fingerprint density at radius 2 is 1.94 bits per heavy atom. The van der Waals surface area contributed by atoms with E-state index in [4.69, 9.17) is 0 Å². The Morgan fingerprint density at radius 3 is 2.69 bits per heavy atom. The maximum absolute atomic E-state index is 3.70. The number of halogens is 1. The zero-order chi connectivity index (χ0) is 11.0. The van der Waals surface area contributed by atoms with Crippen LogP contribution in [0.2, 0.25) is 0 Å². The Hall–Kier alpha value is 0.400. The third-order valence-electron chi connectivity index (χ3n) is 4.69. The van der Waals surface area contributed by atoms with Gasteiger partial charge in [-0.05, 0) is 57.2 Å². The Balaban J connectivity index is 1.58. The van der Waals surface area contributed by atoms with Crippen LogP contribution in [0.3, 0.4) is 0 Å². The second-order valence-corrected chi connectivity index (χ2v) is 6.62. The second kappa shape index (κ2) is 4.58. The number of nitrogens with zero attached hydrogens (tertiary/aromatic N) is 2. The average Bonchev–Trinajstić information content (AvgIpc) is 2.98. The predicted molar refractivity (Wildman–Crippen MR) is 71.1 cm³/mol. The average molecular weight is 287 g/mol. The van der Waals surface area contributed by atoms with Gasteiger partial charge < -0.3 is 4.90 Å². The van der Waals surface area contributed by atoms with Gasteiger partial charge in [0, 0.05) is 24.5 Å². The van der Waals surface area contributed by atoms with E-state index in [1.54, 1.807) is 0 Å². The first-order valence-electron chi connectivity index (χ1n) is 6.84. The van der Waals surface area contributed by atoms with Crippen LogP contribution in [0.4, 0.5) is 0 Å². The maximum Gasteiger partial charge on any atom is 0.0223 e. The van der Waals surface area contributed by atoms with Gasteiger partial charge in [-0.25, -0.2) is 0 Å². The van der Waals surface area contributed by atoms with Gasteiger partial charge in [0.05, 0.1) is 0 Å². The molecule has 0 bridgehead atoms. The Kier molecular flexibility index (Phi) is 3.29. The molecule has 1 unspecified atom stereocenters. The fraction of sp³-hybridized carbons (Fsp3) is 1.00. The van der Waals surface area contributed by atoms with Crippen molar-refractivity contribution in [1.29, 1.82) is 0 Å². The third kappa shape index (κ3) is 2.32. The van der Waals surface area contributed by atoms with Crippen molar-refractivity contribution in [2.75, 3.05) is 38.1 Å². The first-order valence-corrected chi connectivity index (χ1v) is 7.96. The fourth-order valence-corrected chi connectivity index (χ4v) is 4.15. The van der Waals surface area contributed by atoms with Crippen molar-refractivity contribution >= 4 is 15.9 Å². The molecule has 3 rings (SSSR count). The molecular formula is C13H23BrN2. The van der Waals surface area contributed by atoms with E-state index in [0.717, 1.165) is 6.04 Å². The summed E-state index contributed by atoms with van der Waals surface area (Å²) in [5, 5.41) is 1.21. The lowest BCUT2D eigenvalue weighted by molar-refractivity contribution is 0.198. The molecule has 0 aromatic rings. The van der Waals surface area contributed by atoms with E-state index in [0.29, 0.717) is 5.41 Å². The lowest BCUT2D eigenvalue weighted by atomic mass is 10.1. The smallest absolute Gasteiger partial charge is 0.0223 e. The number of rotatable bonds is 3. The minimum atomic E-state index is 0.660. The topological polar surface area (TPSA) is 6.48 Å². The SMILES string of the molecule is BrCC1(CN2CCCN3CCCC3C2)CC1. The second-order valence-electron chi connectivity index (χ2n) is 6.05. The molecule has 0 spiro atoms. The normalized spacial score (nSPS) is 34.7. The van der Waals surface area contributed by atoms with Gasteiger partial charge >= 0.3 is 0 Å². The van der Waals surface area contributed by atoms with E-state index < -0.39 is 0 Å². The fourth-order valence-electron chi connectivity index (χ4n) is 3.41. The lowest BCUT2D eigenvalue weighted by Crippen LogP contribution is -2.39. The molecule has 0 aromatic heterocycles. The molecule has 0 radical (unpaired) electrons. The molecular weight excluding hydrogens is 264 g/mol. The van der Waals surface area contributed by atoms with Crippen molar-refractivity contribution in [1.82, 2.24) is 9.80 Å². The Labute approximate surface area is 107 Å². The Morgan fingerprint density at radius 1 is 1.12 bits per heavy atom. The highest BCUT2D eigenvalue weighted by Crippen LogP contribution is 2.47. The van der Waals surface area contributed by atoms with E-state index in [2.05, 4.69) is 25.7 Å². The van der Waals surface area contributed by atoms with Gasteiger partial charge in [-0.2, -0.15) is 0 Å². The number of fused-ring (bicyclic) bond motifs is 1. The Bertz CT molecular complexity index is 252. The largest absolute Gasteiger partial charge is 0.301 e. The van der Waals surface area contributed by atoms with Crippen LogP contribution in [0, 0.1) is 5.41 Å². The predicted octanol–water partition coefficient (Wildman–Crippen LogP) is 2.33. The third-order valence-corrected chi connectivity index (χ3v) is 5.88. The number of hydrogen-bond acceptors (Lipinski definition) is 2. The van der Waals surface area contributed by atoms with Crippen LogP contribution in [0.25, 0.3) is 0 Å². The molecule has 0 aromatic carbocycles. The maximum atomic E-state index is 3.70. The van der Waals surface area contributed by atoms with Crippen molar-refractivity contribution in [3.8, 4) is 0 Å². The molecule has 0 N–H and O–H groups in total. The highest BCUT2D eigenvalue weighted by molar-refractivity contribution is 9.09. The standard InChI is InChI=1S/C13H23BrN2/c14-10-13(4-5-13)11-15-6-2-8-16-7-1-3-12(16)9-15/h12H,1-11H2. The molecule has 0 amide bonds. The minimum absolute atomic E-state index is 0.660. The summed E-state index contributed by atoms with van der Waals surface area (Å²) in [4.78, 5) is 5.48. The summed E-state index contributed by atoms with van der Waals surface area (Å²) in [6.07, 6.45) is 7.15. The number of alkyl halides is 1. The highest BCUT2D eigenvalue weighted by Gasteiger charge is 2.43. The summed E-state index contributed by atoms with van der Waals surface area (Å²) in [5.41, 5.74) is 0.660. The summed E-state index contributed by atoms with van der Waals surface area (Å²) >= 11 is 3.70. The van der Waals surface area contributed by atoms with Crippen LogP contribution in [0.15, 0.2) is 0 Å². The van der Waals surface area contributed by atoms with Gasteiger partial charge in [0.2, 0.25) is 0 Å². The first-order chi connectivity index (χ1) is 7.81. The van der Waals surface area contributed by atoms with Crippen molar-refractivity contribution in [3.05, 3.63) is 0 Å². The van der Waals surface area contributed by atoms with Crippen LogP contribution < -0.4 is 0 Å². The molecule has 2 saturated heterocycles. The highest BCUT2D eigenvalue weighted by atomic mass is 79.9. The molecule has 3 heteroatoms. The molecule has 2 aliphatic heterocycles. The molecule has 3 fully saturated rings. The molecule has 3 aliphatic rings. The lowest BCUT2D eigenvalue weighted by Gasteiger charge is -2.28. The van der Waals surface area contributed by atoms with Crippen LogP contribution >= 0.6 is 15.9 Å². The summed E-state index contributed by atoms with van der Waals surface area (Å²) in [5.74, 6) is 0. The van der Waals surface area contributed by atoms with Crippen molar-refractivity contribution in [2.24, 2.45) is 5.41 Å². The molecule has 1 atom stereocenters. The molecule has 2 heterocycles. The summed E-state index contributed by atoms with van der Waals surface area (Å²) < 4.78 is 0. The first kappa shape index (κ1) is 11.5. The molecule has 2 nitrogen and oxygen atoms in total. The monoisotopic (exact) mass is 286 g/mol. The van der Waals surface area contributed by atoms with Crippen molar-refractivity contribution < 1.29 is 0 Å². The van der Waals surface area contributed by atoms with E-state index in [-0.39, 0.29) is 0 Å². The number of hydrogen-bond donors (Lipinski definition) is 0. The molecule has 92 valence electrons. The van der Waals surface area contributed by atoms with Crippen LogP contribution in [-0.2, 0) is 0 Å². The van der Waals surface area contributed by atoms with Gasteiger partial charge in [-0.3, -0.25) is 4.90 Å². The van der Waals surface area contributed by atoms with Crippen LogP contribution in [-0.4, -0.2) is 53.9 Å². The summed E-state index contributed by atoms with van der Waals surface area (Å²) in [6, 6.07) is 0.883. The van der Waals surface area contributed by atoms with E-state index in [1.165, 1.54) is 70.2 Å². The van der Waals surface area contributed by atoms with Gasteiger partial charge in [0.1, 0.15) is 0 Å². The van der Waals surface area contributed by atoms with Crippen molar-refractivity contribution in [3.63, 3.8) is 0 Å². The van der Waals surface area contributed by atoms with Gasteiger partial charge in [-0.1, -0.05) is 15.9 Å². The van der Waals surface area contributed by atoms with Gasteiger partial charge in [0.15, 0.2) is 0 Å².